The number of hydrazine groups is 1. The molecule has 0 saturated carbocycles. The van der Waals surface area contributed by atoms with E-state index in [1.54, 1.807) is 0 Å². The predicted molar refractivity (Wildman–Crippen MR) is 41.6 cm³/mol. The van der Waals surface area contributed by atoms with E-state index in [2.05, 4.69) is 15.6 Å². The zero-order valence-electron chi connectivity index (χ0n) is 6.47. The van der Waals surface area contributed by atoms with Crippen molar-refractivity contribution in [3.05, 3.63) is 0 Å². The van der Waals surface area contributed by atoms with Crippen LogP contribution < -0.4 is 16.6 Å². The highest BCUT2D eigenvalue weighted by Crippen LogP contribution is 1.90. The van der Waals surface area contributed by atoms with Crippen LogP contribution in [-0.2, 0) is 4.79 Å². The summed E-state index contributed by atoms with van der Waals surface area (Å²) in [4.78, 5) is 12.9. The summed E-state index contributed by atoms with van der Waals surface area (Å²) in [6.07, 6.45) is 0. The van der Waals surface area contributed by atoms with Crippen molar-refractivity contribution in [1.29, 1.82) is 0 Å². The summed E-state index contributed by atoms with van der Waals surface area (Å²) >= 11 is 0. The number of piperazine rings is 1. The molecule has 0 unspecified atom stereocenters. The van der Waals surface area contributed by atoms with Gasteiger partial charge in [-0.05, 0) is 0 Å². The number of rotatable bonds is 3. The molecule has 4 N–H and O–H groups in total. The van der Waals surface area contributed by atoms with Gasteiger partial charge in [0, 0.05) is 26.2 Å². The Morgan fingerprint density at radius 2 is 2.55 bits per heavy atom. The van der Waals surface area contributed by atoms with E-state index in [4.69, 9.17) is 5.84 Å². The molecule has 0 aromatic rings. The first-order valence-corrected chi connectivity index (χ1v) is 3.75. The summed E-state index contributed by atoms with van der Waals surface area (Å²) in [7, 11) is 0. The molecule has 0 aromatic heterocycles. The highest BCUT2D eigenvalue weighted by atomic mass is 16.2. The molecular weight excluding hydrogens is 144 g/mol. The van der Waals surface area contributed by atoms with E-state index in [1.807, 2.05) is 0 Å². The van der Waals surface area contributed by atoms with Crippen molar-refractivity contribution in [3.63, 3.8) is 0 Å². The number of amides is 1. The van der Waals surface area contributed by atoms with Crippen LogP contribution in [0.1, 0.15) is 0 Å². The number of nitrogens with two attached hydrogens (primary N) is 1. The standard InChI is InChI=1S/C6H14N4O/c7-9-2-4-10-3-1-8-6(11)5-10/h9H,1-5,7H2,(H,8,11). The molecule has 0 bridgehead atoms. The third-order valence-corrected chi connectivity index (χ3v) is 1.69. The molecule has 1 rings (SSSR count). The fourth-order valence-corrected chi connectivity index (χ4v) is 1.11. The van der Waals surface area contributed by atoms with Gasteiger partial charge in [0.25, 0.3) is 0 Å². The Balaban J connectivity index is 2.17. The molecule has 64 valence electrons. The van der Waals surface area contributed by atoms with Crippen molar-refractivity contribution in [2.45, 2.75) is 0 Å². The second kappa shape index (κ2) is 4.27. The minimum atomic E-state index is 0.105. The van der Waals surface area contributed by atoms with Crippen LogP contribution in [0.3, 0.4) is 0 Å². The van der Waals surface area contributed by atoms with Crippen molar-refractivity contribution in [1.82, 2.24) is 15.6 Å². The fourth-order valence-electron chi connectivity index (χ4n) is 1.11. The van der Waals surface area contributed by atoms with E-state index in [9.17, 15) is 4.79 Å². The molecular formula is C6H14N4O. The van der Waals surface area contributed by atoms with Gasteiger partial charge in [-0.3, -0.25) is 21.0 Å². The average Bonchev–Trinajstić information content (AvgIpc) is 2.01. The van der Waals surface area contributed by atoms with Gasteiger partial charge in [-0.1, -0.05) is 0 Å². The van der Waals surface area contributed by atoms with Crippen LogP contribution in [0.25, 0.3) is 0 Å². The molecule has 0 aliphatic carbocycles. The third-order valence-electron chi connectivity index (χ3n) is 1.69. The third kappa shape index (κ3) is 2.83. The Hall–Kier alpha value is -0.650. The summed E-state index contributed by atoms with van der Waals surface area (Å²) in [5.74, 6) is 5.21. The van der Waals surface area contributed by atoms with Crippen LogP contribution in [0.5, 0.6) is 0 Å². The fraction of sp³-hybridized carbons (Fsp3) is 0.833. The zero-order chi connectivity index (χ0) is 8.10. The van der Waals surface area contributed by atoms with Gasteiger partial charge >= 0.3 is 0 Å². The van der Waals surface area contributed by atoms with Gasteiger partial charge in [0.15, 0.2) is 0 Å². The summed E-state index contributed by atoms with van der Waals surface area (Å²) in [6.45, 7) is 3.75. The SMILES string of the molecule is NNCCN1CCNC(=O)C1. The number of carbonyl (C=O) groups is 1. The molecule has 0 aromatic carbocycles. The van der Waals surface area contributed by atoms with Crippen molar-refractivity contribution < 1.29 is 4.79 Å². The predicted octanol–water partition coefficient (Wildman–Crippen LogP) is -2.12. The van der Waals surface area contributed by atoms with Gasteiger partial charge in [-0.25, -0.2) is 0 Å². The van der Waals surface area contributed by atoms with Gasteiger partial charge < -0.3 is 5.32 Å². The highest BCUT2D eigenvalue weighted by molar-refractivity contribution is 5.78. The topological polar surface area (TPSA) is 70.4 Å². The molecule has 0 spiro atoms. The van der Waals surface area contributed by atoms with Crippen molar-refractivity contribution in [2.75, 3.05) is 32.7 Å². The molecule has 1 amide bonds. The lowest BCUT2D eigenvalue weighted by Gasteiger charge is -2.25. The minimum absolute atomic E-state index is 0.105. The molecule has 0 atom stereocenters. The van der Waals surface area contributed by atoms with Crippen LogP contribution >= 0.6 is 0 Å². The number of carbonyl (C=O) groups excluding carboxylic acids is 1. The van der Waals surface area contributed by atoms with Crippen molar-refractivity contribution in [2.24, 2.45) is 5.84 Å². The lowest BCUT2D eigenvalue weighted by Crippen LogP contribution is -2.49. The second-order valence-electron chi connectivity index (χ2n) is 2.58. The maximum Gasteiger partial charge on any atom is 0.234 e. The first-order chi connectivity index (χ1) is 5.33. The second-order valence-corrected chi connectivity index (χ2v) is 2.58. The van der Waals surface area contributed by atoms with Crippen LogP contribution in [0.4, 0.5) is 0 Å². The van der Waals surface area contributed by atoms with Gasteiger partial charge in [0.05, 0.1) is 6.54 Å². The number of nitrogens with one attached hydrogen (secondary N) is 2. The first-order valence-electron chi connectivity index (χ1n) is 3.75. The van der Waals surface area contributed by atoms with Gasteiger partial charge in [0.2, 0.25) is 5.91 Å². The van der Waals surface area contributed by atoms with E-state index >= 15 is 0 Å². The van der Waals surface area contributed by atoms with Crippen LogP contribution in [0.2, 0.25) is 0 Å². The molecule has 1 aliphatic rings. The van der Waals surface area contributed by atoms with Crippen LogP contribution in [0, 0.1) is 0 Å². The maximum atomic E-state index is 10.8. The van der Waals surface area contributed by atoms with E-state index in [1.165, 1.54) is 0 Å². The molecule has 5 nitrogen and oxygen atoms in total. The molecule has 1 aliphatic heterocycles. The zero-order valence-corrected chi connectivity index (χ0v) is 6.47. The molecule has 1 heterocycles. The number of nitrogens with zero attached hydrogens (tertiary/aromatic N) is 1. The summed E-state index contributed by atoms with van der Waals surface area (Å²) < 4.78 is 0. The van der Waals surface area contributed by atoms with Gasteiger partial charge in [-0.2, -0.15) is 0 Å². The molecule has 0 radical (unpaired) electrons. The highest BCUT2D eigenvalue weighted by Gasteiger charge is 2.14. The van der Waals surface area contributed by atoms with Gasteiger partial charge in [-0.15, -0.1) is 0 Å². The average molecular weight is 158 g/mol. The number of hydrogen-bond acceptors (Lipinski definition) is 4. The van der Waals surface area contributed by atoms with E-state index < -0.39 is 0 Å². The van der Waals surface area contributed by atoms with Gasteiger partial charge in [0.1, 0.15) is 0 Å². The van der Waals surface area contributed by atoms with Crippen molar-refractivity contribution in [3.8, 4) is 0 Å². The quantitative estimate of drug-likeness (QED) is 0.324. The first kappa shape index (κ1) is 8.45. The smallest absolute Gasteiger partial charge is 0.234 e. The molecule has 1 fully saturated rings. The van der Waals surface area contributed by atoms with Crippen molar-refractivity contribution >= 4 is 5.91 Å². The Morgan fingerprint density at radius 1 is 1.73 bits per heavy atom. The molecule has 11 heavy (non-hydrogen) atoms. The summed E-state index contributed by atoms with van der Waals surface area (Å²) in [5, 5.41) is 2.76. The van der Waals surface area contributed by atoms with E-state index in [0.717, 1.165) is 26.2 Å². The largest absolute Gasteiger partial charge is 0.354 e. The summed E-state index contributed by atoms with van der Waals surface area (Å²) in [5.41, 5.74) is 2.56. The molecule has 5 heteroatoms. The van der Waals surface area contributed by atoms with E-state index in [-0.39, 0.29) is 5.91 Å². The lowest BCUT2D eigenvalue weighted by atomic mass is 10.3. The summed E-state index contributed by atoms with van der Waals surface area (Å²) in [6, 6.07) is 0. The lowest BCUT2D eigenvalue weighted by molar-refractivity contribution is -0.124. The Bertz CT molecular complexity index is 139. The number of hydrogen-bond donors (Lipinski definition) is 3. The maximum absolute atomic E-state index is 10.8. The Morgan fingerprint density at radius 3 is 3.18 bits per heavy atom. The van der Waals surface area contributed by atoms with Crippen LogP contribution in [-0.4, -0.2) is 43.5 Å². The minimum Gasteiger partial charge on any atom is -0.354 e. The molecule has 1 saturated heterocycles. The van der Waals surface area contributed by atoms with E-state index in [0.29, 0.717) is 6.54 Å². The monoisotopic (exact) mass is 158 g/mol. The van der Waals surface area contributed by atoms with Crippen LogP contribution in [0.15, 0.2) is 0 Å². The normalized spacial score (nSPS) is 19.9. The Labute approximate surface area is 65.9 Å². The Kier molecular flexibility index (Phi) is 3.28.